The van der Waals surface area contributed by atoms with Crippen LogP contribution in [0, 0.1) is 0 Å². The van der Waals surface area contributed by atoms with Gasteiger partial charge in [0.25, 0.3) is 0 Å². The molecule has 2 aromatic rings. The van der Waals surface area contributed by atoms with Gasteiger partial charge in [-0.15, -0.1) is 0 Å². The van der Waals surface area contributed by atoms with Gasteiger partial charge in [0.15, 0.2) is 11.5 Å². The van der Waals surface area contributed by atoms with Gasteiger partial charge in [0, 0.05) is 26.1 Å². The number of nitrogens with zero attached hydrogens (tertiary/aromatic N) is 3. The Labute approximate surface area is 170 Å². The Hall–Kier alpha value is -3.35. The van der Waals surface area contributed by atoms with Crippen molar-refractivity contribution in [3.8, 4) is 11.5 Å². The Bertz CT molecular complexity index is 954. The maximum Gasteiger partial charge on any atom is 0.241 e. The molecule has 1 aliphatic heterocycles. The van der Waals surface area contributed by atoms with Gasteiger partial charge in [0.1, 0.15) is 0 Å². The lowest BCUT2D eigenvalue weighted by Crippen LogP contribution is -2.30. The first-order chi connectivity index (χ1) is 13.9. The molecule has 1 saturated heterocycles. The summed E-state index contributed by atoms with van der Waals surface area (Å²) in [6.07, 6.45) is 0.0887. The first kappa shape index (κ1) is 20.4. The lowest BCUT2D eigenvalue weighted by Gasteiger charge is -2.19. The maximum atomic E-state index is 13.3. The average molecular weight is 395 g/mol. The minimum Gasteiger partial charge on any atom is -0.493 e. The molecule has 1 heterocycles. The monoisotopic (exact) mass is 395 g/mol. The lowest BCUT2D eigenvalue weighted by molar-refractivity contribution is -0.121. The number of methoxy groups -OCH3 is 2. The minimum absolute atomic E-state index is 0.0887. The number of imide groups is 1. The van der Waals surface area contributed by atoms with Crippen LogP contribution in [0.15, 0.2) is 47.6 Å². The molecule has 1 atom stereocenters. The predicted octanol–water partition coefficient (Wildman–Crippen LogP) is 3.04. The van der Waals surface area contributed by atoms with Crippen LogP contribution in [0.4, 0.5) is 5.69 Å². The highest BCUT2D eigenvalue weighted by Crippen LogP contribution is 2.39. The molecule has 0 radical (unpaired) electrons. The topological polar surface area (TPSA) is 71.4 Å². The van der Waals surface area contributed by atoms with Gasteiger partial charge < -0.3 is 14.5 Å². The summed E-state index contributed by atoms with van der Waals surface area (Å²) in [5.74, 6) is -0.0650. The Morgan fingerprint density at radius 2 is 1.69 bits per heavy atom. The number of amides is 2. The number of rotatable bonds is 6. The average Bonchev–Trinajstić information content (AvgIpc) is 3.00. The van der Waals surface area contributed by atoms with Crippen molar-refractivity contribution in [1.29, 1.82) is 0 Å². The van der Waals surface area contributed by atoms with Crippen molar-refractivity contribution in [2.45, 2.75) is 19.3 Å². The van der Waals surface area contributed by atoms with Crippen molar-refractivity contribution < 1.29 is 19.1 Å². The van der Waals surface area contributed by atoms with Crippen LogP contribution in [0.25, 0.3) is 0 Å². The van der Waals surface area contributed by atoms with Crippen LogP contribution < -0.4 is 14.4 Å². The molecule has 7 nitrogen and oxygen atoms in total. The molecule has 152 valence electrons. The van der Waals surface area contributed by atoms with E-state index >= 15 is 0 Å². The third-order valence-corrected chi connectivity index (χ3v) is 4.83. The van der Waals surface area contributed by atoms with E-state index in [9.17, 15) is 9.59 Å². The molecule has 7 heteroatoms. The quantitative estimate of drug-likeness (QED) is 0.427. The second-order valence-corrected chi connectivity index (χ2v) is 6.99. The molecule has 1 fully saturated rings. The molecule has 1 unspecified atom stereocenters. The fourth-order valence-corrected chi connectivity index (χ4v) is 3.57. The normalized spacial score (nSPS) is 16.9. The molecule has 0 spiro atoms. The molecule has 0 aliphatic carbocycles. The van der Waals surface area contributed by atoms with Crippen LogP contribution in [0.2, 0.25) is 0 Å². The van der Waals surface area contributed by atoms with E-state index < -0.39 is 5.92 Å². The highest BCUT2D eigenvalue weighted by molar-refractivity contribution is 6.23. The minimum atomic E-state index is -0.621. The van der Waals surface area contributed by atoms with Crippen LogP contribution in [-0.4, -0.2) is 50.8 Å². The Kier molecular flexibility index (Phi) is 5.87. The SMILES string of the molecule is COc1cc(/C(C)=N/N(C)C)c(C2CC(=O)N(c3ccccc3)C2=O)cc1OC. The summed E-state index contributed by atoms with van der Waals surface area (Å²) in [4.78, 5) is 27.2. The molecule has 0 aromatic heterocycles. The van der Waals surface area contributed by atoms with Gasteiger partial charge in [0.2, 0.25) is 11.8 Å². The van der Waals surface area contributed by atoms with Gasteiger partial charge in [-0.25, -0.2) is 0 Å². The molecular formula is C22H25N3O4. The molecule has 0 bridgehead atoms. The van der Waals surface area contributed by atoms with Crippen molar-refractivity contribution in [1.82, 2.24) is 5.01 Å². The van der Waals surface area contributed by atoms with E-state index in [1.165, 1.54) is 4.90 Å². The summed E-state index contributed by atoms with van der Waals surface area (Å²) in [5, 5.41) is 6.16. The molecule has 3 rings (SSSR count). The number of hydrogen-bond acceptors (Lipinski definition) is 6. The molecular weight excluding hydrogens is 370 g/mol. The summed E-state index contributed by atoms with van der Waals surface area (Å²) in [6, 6.07) is 12.5. The van der Waals surface area contributed by atoms with Crippen molar-refractivity contribution in [3.63, 3.8) is 0 Å². The first-order valence-corrected chi connectivity index (χ1v) is 9.28. The van der Waals surface area contributed by atoms with Gasteiger partial charge >= 0.3 is 0 Å². The standard InChI is InChI=1S/C22H25N3O4/c1-14(23-24(2)3)16-11-19(28-4)20(29-5)12-17(16)18-13-21(26)25(22(18)27)15-9-7-6-8-10-15/h6-12,18H,13H2,1-5H3/b23-14+. The van der Waals surface area contributed by atoms with Crippen LogP contribution in [-0.2, 0) is 9.59 Å². The van der Waals surface area contributed by atoms with E-state index in [4.69, 9.17) is 9.47 Å². The van der Waals surface area contributed by atoms with E-state index in [-0.39, 0.29) is 18.2 Å². The number of anilines is 1. The zero-order chi connectivity index (χ0) is 21.1. The molecule has 2 aromatic carbocycles. The van der Waals surface area contributed by atoms with E-state index in [2.05, 4.69) is 5.10 Å². The van der Waals surface area contributed by atoms with E-state index in [0.29, 0.717) is 28.5 Å². The zero-order valence-corrected chi connectivity index (χ0v) is 17.3. The third kappa shape index (κ3) is 3.94. The number of hydrogen-bond donors (Lipinski definition) is 0. The number of para-hydroxylation sites is 1. The van der Waals surface area contributed by atoms with Crippen LogP contribution >= 0.6 is 0 Å². The number of ether oxygens (including phenoxy) is 2. The Balaban J connectivity index is 2.12. The van der Waals surface area contributed by atoms with Gasteiger partial charge in [-0.1, -0.05) is 18.2 Å². The summed E-state index contributed by atoms with van der Waals surface area (Å²) in [6.45, 7) is 1.86. The van der Waals surface area contributed by atoms with Crippen molar-refractivity contribution in [2.24, 2.45) is 5.10 Å². The van der Waals surface area contributed by atoms with E-state index in [1.807, 2.05) is 27.1 Å². The fraction of sp³-hybridized carbons (Fsp3) is 0.318. The summed E-state index contributed by atoms with van der Waals surface area (Å²) in [5.41, 5.74) is 2.73. The van der Waals surface area contributed by atoms with Gasteiger partial charge in [-0.05, 0) is 36.8 Å². The summed E-state index contributed by atoms with van der Waals surface area (Å²) >= 11 is 0. The predicted molar refractivity (Wildman–Crippen MR) is 112 cm³/mol. The highest BCUT2D eigenvalue weighted by atomic mass is 16.5. The third-order valence-electron chi connectivity index (χ3n) is 4.83. The fourth-order valence-electron chi connectivity index (χ4n) is 3.57. The lowest BCUT2D eigenvalue weighted by atomic mass is 9.90. The van der Waals surface area contributed by atoms with Gasteiger partial charge in [-0.2, -0.15) is 5.10 Å². The van der Waals surface area contributed by atoms with Crippen LogP contribution in [0.3, 0.4) is 0 Å². The Morgan fingerprint density at radius 3 is 2.28 bits per heavy atom. The maximum absolute atomic E-state index is 13.3. The number of benzene rings is 2. The molecule has 0 saturated carbocycles. The van der Waals surface area contributed by atoms with Crippen molar-refractivity contribution in [3.05, 3.63) is 53.6 Å². The second kappa shape index (κ2) is 8.34. The zero-order valence-electron chi connectivity index (χ0n) is 17.3. The number of carbonyl (C=O) groups is 2. The van der Waals surface area contributed by atoms with Crippen molar-refractivity contribution in [2.75, 3.05) is 33.2 Å². The molecule has 29 heavy (non-hydrogen) atoms. The van der Waals surface area contributed by atoms with Crippen LogP contribution in [0.1, 0.15) is 30.4 Å². The Morgan fingerprint density at radius 1 is 1.07 bits per heavy atom. The second-order valence-electron chi connectivity index (χ2n) is 6.99. The number of carbonyl (C=O) groups excluding carboxylic acids is 2. The molecule has 0 N–H and O–H groups in total. The highest BCUT2D eigenvalue weighted by Gasteiger charge is 2.41. The molecule has 1 aliphatic rings. The first-order valence-electron chi connectivity index (χ1n) is 9.28. The van der Waals surface area contributed by atoms with Crippen molar-refractivity contribution >= 4 is 23.2 Å². The molecule has 2 amide bonds. The summed E-state index contributed by atoms with van der Waals surface area (Å²) < 4.78 is 10.9. The van der Waals surface area contributed by atoms with E-state index in [1.54, 1.807) is 55.6 Å². The largest absolute Gasteiger partial charge is 0.493 e. The number of hydrazone groups is 1. The summed E-state index contributed by atoms with van der Waals surface area (Å²) in [7, 11) is 6.75. The van der Waals surface area contributed by atoms with E-state index in [0.717, 1.165) is 5.56 Å². The van der Waals surface area contributed by atoms with Gasteiger partial charge in [-0.3, -0.25) is 14.5 Å². The van der Waals surface area contributed by atoms with Gasteiger partial charge in [0.05, 0.1) is 31.5 Å². The van der Waals surface area contributed by atoms with Crippen LogP contribution in [0.5, 0.6) is 11.5 Å². The smallest absolute Gasteiger partial charge is 0.241 e.